The van der Waals surface area contributed by atoms with Gasteiger partial charge in [0.15, 0.2) is 16.8 Å². The number of H-pyrrole nitrogens is 1. The molecule has 174 valence electrons. The molecule has 2 heterocycles. The number of imidazole rings is 1. The molecule has 2 N–H and O–H groups in total. The number of fused-ring (bicyclic) bond motifs is 1. The van der Waals surface area contributed by atoms with Gasteiger partial charge in [0.05, 0.1) is 16.3 Å². The van der Waals surface area contributed by atoms with E-state index in [9.17, 15) is 10.4 Å². The van der Waals surface area contributed by atoms with Gasteiger partial charge in [-0.3, -0.25) is 0 Å². The van der Waals surface area contributed by atoms with Gasteiger partial charge in [0.2, 0.25) is 0 Å². The fourth-order valence-electron chi connectivity index (χ4n) is 3.71. The number of hydrogen-bond donors (Lipinski definition) is 2. The second-order valence-corrected chi connectivity index (χ2v) is 10.4. The Morgan fingerprint density at radius 2 is 1.85 bits per heavy atom. The summed E-state index contributed by atoms with van der Waals surface area (Å²) in [5.41, 5.74) is 4.00. The number of rotatable bonds is 6. The van der Waals surface area contributed by atoms with Crippen LogP contribution in [0, 0.1) is 11.3 Å². The Bertz CT molecular complexity index is 1350. The fourth-order valence-corrected chi connectivity index (χ4v) is 4.69. The van der Waals surface area contributed by atoms with Crippen molar-refractivity contribution in [1.82, 2.24) is 24.7 Å². The van der Waals surface area contributed by atoms with Gasteiger partial charge in [-0.25, -0.2) is 4.98 Å². The van der Waals surface area contributed by atoms with E-state index in [1.54, 1.807) is 0 Å². The molecule has 7 nitrogen and oxygen atoms in total. The molecule has 0 aliphatic rings. The highest BCUT2D eigenvalue weighted by molar-refractivity contribution is 7.99. The molecule has 0 fully saturated rings. The lowest BCUT2D eigenvalue weighted by Gasteiger charge is -2.19. The second kappa shape index (κ2) is 9.35. The van der Waals surface area contributed by atoms with Crippen LogP contribution in [0.25, 0.3) is 28.0 Å². The Hall–Kier alpha value is -3.57. The molecule has 4 aromatic rings. The number of nitrogens with zero attached hydrogens (tertiary/aromatic N) is 5. The van der Waals surface area contributed by atoms with Crippen LogP contribution in [0.1, 0.15) is 46.0 Å². The summed E-state index contributed by atoms with van der Waals surface area (Å²) in [7, 11) is 0. The topological polar surface area (TPSA) is 103 Å². The number of aliphatic hydroxyl groups is 1. The molecule has 0 bridgehead atoms. The van der Waals surface area contributed by atoms with Gasteiger partial charge in [0.1, 0.15) is 17.4 Å². The summed E-state index contributed by atoms with van der Waals surface area (Å²) in [4.78, 5) is 7.57. The van der Waals surface area contributed by atoms with E-state index in [4.69, 9.17) is 0 Å². The van der Waals surface area contributed by atoms with Crippen LogP contribution in [0.5, 0.6) is 0 Å². The zero-order valence-corrected chi connectivity index (χ0v) is 20.8. The van der Waals surface area contributed by atoms with Gasteiger partial charge >= 0.3 is 0 Å². The largest absolute Gasteiger partial charge is 0.510 e. The van der Waals surface area contributed by atoms with E-state index in [0.717, 1.165) is 22.4 Å². The molecular weight excluding hydrogens is 444 g/mol. The Kier molecular flexibility index (Phi) is 6.49. The maximum atomic E-state index is 10.9. The molecule has 34 heavy (non-hydrogen) atoms. The smallest absolute Gasteiger partial charge is 0.192 e. The average molecular weight is 473 g/mol. The lowest BCUT2D eigenvalue weighted by molar-refractivity contribution is 0.401. The molecule has 0 saturated heterocycles. The van der Waals surface area contributed by atoms with Gasteiger partial charge in [-0.15, -0.1) is 10.2 Å². The summed E-state index contributed by atoms with van der Waals surface area (Å²) in [6, 6.07) is 18.0. The van der Waals surface area contributed by atoms with Crippen LogP contribution < -0.4 is 0 Å². The van der Waals surface area contributed by atoms with Crippen molar-refractivity contribution < 1.29 is 5.11 Å². The summed E-state index contributed by atoms with van der Waals surface area (Å²) in [6.07, 6.45) is 0. The summed E-state index contributed by atoms with van der Waals surface area (Å²) in [6.45, 7) is 11.1. The van der Waals surface area contributed by atoms with Crippen LogP contribution in [-0.2, 0) is 12.0 Å². The predicted octanol–water partition coefficient (Wildman–Crippen LogP) is 6.11. The maximum Gasteiger partial charge on any atom is 0.192 e. The number of para-hydroxylation sites is 2. The average Bonchev–Trinajstić information content (AvgIpc) is 3.42. The molecule has 0 aliphatic carbocycles. The van der Waals surface area contributed by atoms with E-state index in [-0.39, 0.29) is 16.7 Å². The number of aromatic amines is 1. The van der Waals surface area contributed by atoms with Crippen molar-refractivity contribution in [2.45, 2.75) is 57.0 Å². The number of aliphatic hydroxyl groups excluding tert-OH is 1. The van der Waals surface area contributed by atoms with Crippen molar-refractivity contribution in [1.29, 1.82) is 5.26 Å². The molecule has 2 aromatic heterocycles. The van der Waals surface area contributed by atoms with Crippen molar-refractivity contribution in [3.63, 3.8) is 0 Å². The zero-order valence-electron chi connectivity index (χ0n) is 20.0. The Morgan fingerprint density at radius 3 is 2.47 bits per heavy atom. The first-order valence-electron chi connectivity index (χ1n) is 11.2. The molecule has 0 saturated carbocycles. The van der Waals surface area contributed by atoms with Gasteiger partial charge in [0, 0.05) is 12.1 Å². The molecule has 1 unspecified atom stereocenters. The summed E-state index contributed by atoms with van der Waals surface area (Å²) in [5.74, 6) is 1.08. The standard InChI is InChI=1S/C26H28N6OS/c1-6-32-24(17-11-13-18(14-12-17)26(3,4)5)30-31-25(32)34-16(2)22(33)19(15-27)23-28-20-9-7-8-10-21(20)29-23/h7-14,16,33H,6H2,1-5H3,(H,28,29)/b22-19-. The SMILES string of the molecule is CCn1c(SC(C)/C(O)=C(\C#N)c2nc3ccccc3[nH]2)nnc1-c1ccc(C(C)(C)C)cc1. The van der Waals surface area contributed by atoms with Crippen LogP contribution in [-0.4, -0.2) is 35.1 Å². The molecule has 0 amide bonds. The van der Waals surface area contributed by atoms with E-state index in [1.165, 1.54) is 17.3 Å². The van der Waals surface area contributed by atoms with E-state index in [2.05, 4.69) is 71.3 Å². The maximum absolute atomic E-state index is 10.9. The lowest BCUT2D eigenvalue weighted by Crippen LogP contribution is -2.10. The number of nitrogens with one attached hydrogen (secondary N) is 1. The molecule has 2 aromatic carbocycles. The van der Waals surface area contributed by atoms with Crippen LogP contribution in [0.3, 0.4) is 0 Å². The summed E-state index contributed by atoms with van der Waals surface area (Å²) in [5, 5.41) is 29.7. The van der Waals surface area contributed by atoms with E-state index >= 15 is 0 Å². The Morgan fingerprint density at radius 1 is 1.15 bits per heavy atom. The van der Waals surface area contributed by atoms with Crippen molar-refractivity contribution >= 4 is 28.4 Å². The normalized spacial score (nSPS) is 13.5. The van der Waals surface area contributed by atoms with Crippen LogP contribution >= 0.6 is 11.8 Å². The first kappa shape index (κ1) is 23.6. The van der Waals surface area contributed by atoms with Crippen LogP contribution in [0.4, 0.5) is 0 Å². The minimum absolute atomic E-state index is 0.0479. The monoisotopic (exact) mass is 472 g/mol. The summed E-state index contributed by atoms with van der Waals surface area (Å²) >= 11 is 1.36. The number of allylic oxidation sites excluding steroid dienone is 1. The summed E-state index contributed by atoms with van der Waals surface area (Å²) < 4.78 is 2.02. The number of aromatic nitrogens is 5. The van der Waals surface area contributed by atoms with Crippen molar-refractivity contribution in [2.75, 3.05) is 0 Å². The molecule has 1 atom stereocenters. The zero-order chi connectivity index (χ0) is 24.5. The van der Waals surface area contributed by atoms with E-state index < -0.39 is 5.25 Å². The molecule has 0 radical (unpaired) electrons. The highest BCUT2D eigenvalue weighted by Gasteiger charge is 2.23. The number of benzene rings is 2. The van der Waals surface area contributed by atoms with E-state index in [1.807, 2.05) is 42.7 Å². The van der Waals surface area contributed by atoms with Gasteiger partial charge in [-0.1, -0.05) is 68.9 Å². The minimum Gasteiger partial charge on any atom is -0.510 e. The van der Waals surface area contributed by atoms with Crippen molar-refractivity contribution in [3.8, 4) is 17.5 Å². The molecule has 0 spiro atoms. The third kappa shape index (κ3) is 4.57. The number of thioether (sulfide) groups is 1. The van der Waals surface area contributed by atoms with E-state index in [0.29, 0.717) is 17.5 Å². The van der Waals surface area contributed by atoms with Gasteiger partial charge in [-0.05, 0) is 37.0 Å². The predicted molar refractivity (Wildman–Crippen MR) is 136 cm³/mol. The number of nitriles is 1. The third-order valence-electron chi connectivity index (χ3n) is 5.70. The van der Waals surface area contributed by atoms with Gasteiger partial charge < -0.3 is 14.7 Å². The molecule has 4 rings (SSSR count). The highest BCUT2D eigenvalue weighted by Crippen LogP contribution is 2.32. The molecule has 8 heteroatoms. The quantitative estimate of drug-likeness (QED) is 0.199. The second-order valence-electron chi connectivity index (χ2n) is 9.11. The minimum atomic E-state index is -0.423. The first-order valence-corrected chi connectivity index (χ1v) is 12.1. The highest BCUT2D eigenvalue weighted by atomic mass is 32.2. The van der Waals surface area contributed by atoms with Crippen molar-refractivity contribution in [3.05, 3.63) is 65.7 Å². The molecule has 0 aliphatic heterocycles. The molecular formula is C26H28N6OS. The van der Waals surface area contributed by atoms with Gasteiger partial charge in [-0.2, -0.15) is 5.26 Å². The van der Waals surface area contributed by atoms with Crippen LogP contribution in [0.2, 0.25) is 0 Å². The third-order valence-corrected chi connectivity index (χ3v) is 6.79. The lowest BCUT2D eigenvalue weighted by atomic mass is 9.87. The Labute approximate surface area is 203 Å². The van der Waals surface area contributed by atoms with Gasteiger partial charge in [0.25, 0.3) is 0 Å². The van der Waals surface area contributed by atoms with Crippen LogP contribution in [0.15, 0.2) is 59.4 Å². The first-order chi connectivity index (χ1) is 16.2. The van der Waals surface area contributed by atoms with Crippen molar-refractivity contribution in [2.24, 2.45) is 0 Å². The Balaban J connectivity index is 1.62. The number of hydrogen-bond acceptors (Lipinski definition) is 6. The fraction of sp³-hybridized carbons (Fsp3) is 0.308.